The van der Waals surface area contributed by atoms with Crippen LogP contribution in [0, 0.1) is 0 Å². The highest BCUT2D eigenvalue weighted by molar-refractivity contribution is 5.97. The largest absolute Gasteiger partial charge is 0.477 e. The van der Waals surface area contributed by atoms with E-state index < -0.39 is 12.0 Å². The first-order chi connectivity index (χ1) is 13.6. The number of ether oxygens (including phenoxy) is 1. The zero-order valence-corrected chi connectivity index (χ0v) is 15.2. The molecule has 0 unspecified atom stereocenters. The van der Waals surface area contributed by atoms with Crippen LogP contribution in [-0.4, -0.2) is 24.5 Å². The highest BCUT2D eigenvalue weighted by Gasteiger charge is 2.32. The van der Waals surface area contributed by atoms with Gasteiger partial charge < -0.3 is 19.8 Å². The van der Waals surface area contributed by atoms with Crippen LogP contribution in [0.5, 0.6) is 5.75 Å². The molecule has 0 aliphatic carbocycles. The third-order valence-corrected chi connectivity index (χ3v) is 4.70. The summed E-state index contributed by atoms with van der Waals surface area (Å²) in [5.41, 5.74) is 7.03. The maximum Gasteiger partial charge on any atom is 0.260 e. The van der Waals surface area contributed by atoms with E-state index in [9.17, 15) is 9.59 Å². The van der Waals surface area contributed by atoms with E-state index in [1.807, 2.05) is 48.5 Å². The first-order valence-corrected chi connectivity index (χ1v) is 9.11. The number of benzene rings is 2. The van der Waals surface area contributed by atoms with Gasteiger partial charge in [0, 0.05) is 18.4 Å². The van der Waals surface area contributed by atoms with Gasteiger partial charge in [-0.1, -0.05) is 42.5 Å². The second-order valence-electron chi connectivity index (χ2n) is 6.61. The number of anilines is 1. The van der Waals surface area contributed by atoms with Crippen molar-refractivity contribution in [3.8, 4) is 17.1 Å². The van der Waals surface area contributed by atoms with E-state index in [0.717, 1.165) is 17.1 Å². The number of fused-ring (bicyclic) bond motifs is 1. The molecule has 6 nitrogen and oxygen atoms in total. The van der Waals surface area contributed by atoms with Gasteiger partial charge in [0.25, 0.3) is 5.91 Å². The summed E-state index contributed by atoms with van der Waals surface area (Å²) in [5.74, 6) is 1.29. The molecule has 2 amide bonds. The van der Waals surface area contributed by atoms with Crippen LogP contribution in [0.4, 0.5) is 5.69 Å². The molecule has 0 bridgehead atoms. The minimum absolute atomic E-state index is 0.110. The Morgan fingerprint density at radius 1 is 1.00 bits per heavy atom. The van der Waals surface area contributed by atoms with Crippen molar-refractivity contribution in [2.45, 2.75) is 18.9 Å². The van der Waals surface area contributed by atoms with Crippen LogP contribution in [0.2, 0.25) is 0 Å². The minimum Gasteiger partial charge on any atom is -0.477 e. The molecular formula is C22H20N2O4. The minimum atomic E-state index is -0.854. The number of hydrogen-bond donors (Lipinski definition) is 1. The topological polar surface area (TPSA) is 85.8 Å². The van der Waals surface area contributed by atoms with Crippen molar-refractivity contribution in [3.63, 3.8) is 0 Å². The molecule has 0 spiro atoms. The molecule has 1 aromatic heterocycles. The average molecular weight is 376 g/mol. The molecular weight excluding hydrogens is 356 g/mol. The Bertz CT molecular complexity index is 997. The zero-order chi connectivity index (χ0) is 19.5. The number of nitrogens with zero attached hydrogens (tertiary/aromatic N) is 1. The molecule has 2 aromatic carbocycles. The summed E-state index contributed by atoms with van der Waals surface area (Å²) >= 11 is 0. The maximum absolute atomic E-state index is 12.9. The fourth-order valence-electron chi connectivity index (χ4n) is 3.25. The van der Waals surface area contributed by atoms with Crippen molar-refractivity contribution < 1.29 is 18.7 Å². The third kappa shape index (κ3) is 3.62. The Balaban J connectivity index is 1.46. The van der Waals surface area contributed by atoms with Crippen LogP contribution in [0.15, 0.2) is 71.1 Å². The number of carbonyl (C=O) groups excluding carboxylic acids is 2. The molecule has 4 rings (SSSR count). The van der Waals surface area contributed by atoms with Gasteiger partial charge in [0.1, 0.15) is 17.3 Å². The normalized spacial score (nSPS) is 15.6. The molecule has 2 N–H and O–H groups in total. The molecule has 0 fully saturated rings. The van der Waals surface area contributed by atoms with Gasteiger partial charge in [-0.05, 0) is 24.3 Å². The summed E-state index contributed by atoms with van der Waals surface area (Å²) in [6.07, 6.45) is -0.138. The molecule has 1 aliphatic heterocycles. The third-order valence-electron chi connectivity index (χ3n) is 4.70. The molecule has 3 aromatic rings. The van der Waals surface area contributed by atoms with Gasteiger partial charge in [0.15, 0.2) is 6.10 Å². The summed E-state index contributed by atoms with van der Waals surface area (Å²) in [6, 6.07) is 20.7. The van der Waals surface area contributed by atoms with Gasteiger partial charge in [-0.3, -0.25) is 9.59 Å². The van der Waals surface area contributed by atoms with E-state index in [4.69, 9.17) is 14.9 Å². The molecule has 2 heterocycles. The second-order valence-corrected chi connectivity index (χ2v) is 6.61. The number of primary amides is 1. The fraction of sp³-hybridized carbons (Fsp3) is 0.182. The first kappa shape index (κ1) is 17.9. The number of amides is 2. The Morgan fingerprint density at radius 2 is 1.75 bits per heavy atom. The van der Waals surface area contributed by atoms with Crippen molar-refractivity contribution in [1.82, 2.24) is 0 Å². The van der Waals surface area contributed by atoms with Crippen LogP contribution in [0.25, 0.3) is 11.3 Å². The van der Waals surface area contributed by atoms with Gasteiger partial charge in [0.2, 0.25) is 5.91 Å². The van der Waals surface area contributed by atoms with Crippen molar-refractivity contribution in [2.24, 2.45) is 5.73 Å². The van der Waals surface area contributed by atoms with E-state index in [-0.39, 0.29) is 18.9 Å². The van der Waals surface area contributed by atoms with Crippen LogP contribution in [-0.2, 0) is 16.0 Å². The highest BCUT2D eigenvalue weighted by Crippen LogP contribution is 2.33. The standard InChI is InChI=1S/C22H20N2O4/c23-22(26)20-14-24(17-8-4-5-9-19(17)28-20)21(25)13-11-16-10-12-18(27-16)15-6-2-1-3-7-15/h1-10,12,20H,11,13-14H2,(H2,23,26)/t20-/m0/s1. The number of hydrogen-bond acceptors (Lipinski definition) is 4. The number of furan rings is 1. The molecule has 6 heteroatoms. The second kappa shape index (κ2) is 7.60. The SMILES string of the molecule is NC(=O)[C@@H]1CN(C(=O)CCc2ccc(-c3ccccc3)o2)c2ccccc2O1. The van der Waals surface area contributed by atoms with E-state index in [2.05, 4.69) is 0 Å². The van der Waals surface area contributed by atoms with E-state index in [0.29, 0.717) is 17.9 Å². The summed E-state index contributed by atoms with van der Waals surface area (Å²) in [4.78, 5) is 26.0. The summed E-state index contributed by atoms with van der Waals surface area (Å²) in [7, 11) is 0. The smallest absolute Gasteiger partial charge is 0.260 e. The summed E-state index contributed by atoms with van der Waals surface area (Å²) in [6.45, 7) is 0.110. The molecule has 1 atom stereocenters. The highest BCUT2D eigenvalue weighted by atomic mass is 16.5. The number of para-hydroxylation sites is 2. The summed E-state index contributed by atoms with van der Waals surface area (Å²) in [5, 5.41) is 0. The molecule has 0 saturated carbocycles. The van der Waals surface area contributed by atoms with Crippen LogP contribution in [0.3, 0.4) is 0 Å². The van der Waals surface area contributed by atoms with Crippen LogP contribution in [0.1, 0.15) is 12.2 Å². The predicted octanol–water partition coefficient (Wildman–Crippen LogP) is 3.16. The van der Waals surface area contributed by atoms with E-state index in [1.54, 1.807) is 23.1 Å². The van der Waals surface area contributed by atoms with Gasteiger partial charge >= 0.3 is 0 Å². The van der Waals surface area contributed by atoms with Gasteiger partial charge in [-0.2, -0.15) is 0 Å². The Hall–Kier alpha value is -3.54. The van der Waals surface area contributed by atoms with E-state index in [1.165, 1.54) is 0 Å². The molecule has 142 valence electrons. The van der Waals surface area contributed by atoms with Gasteiger partial charge in [-0.15, -0.1) is 0 Å². The van der Waals surface area contributed by atoms with E-state index >= 15 is 0 Å². The zero-order valence-electron chi connectivity index (χ0n) is 15.2. The lowest BCUT2D eigenvalue weighted by Gasteiger charge is -2.33. The molecule has 1 aliphatic rings. The lowest BCUT2D eigenvalue weighted by Crippen LogP contribution is -2.49. The van der Waals surface area contributed by atoms with Crippen LogP contribution < -0.4 is 15.4 Å². The molecule has 0 radical (unpaired) electrons. The lowest BCUT2D eigenvalue weighted by atomic mass is 10.1. The van der Waals surface area contributed by atoms with Crippen molar-refractivity contribution in [2.75, 3.05) is 11.4 Å². The Kier molecular flexibility index (Phi) is 4.85. The fourth-order valence-corrected chi connectivity index (χ4v) is 3.25. The lowest BCUT2D eigenvalue weighted by molar-refractivity contribution is -0.125. The predicted molar refractivity (Wildman–Crippen MR) is 105 cm³/mol. The number of aryl methyl sites for hydroxylation is 1. The van der Waals surface area contributed by atoms with Gasteiger partial charge in [0.05, 0.1) is 12.2 Å². The first-order valence-electron chi connectivity index (χ1n) is 9.11. The number of carbonyl (C=O) groups is 2. The van der Waals surface area contributed by atoms with Crippen LogP contribution >= 0.6 is 0 Å². The number of nitrogens with two attached hydrogens (primary N) is 1. The van der Waals surface area contributed by atoms with Gasteiger partial charge in [-0.25, -0.2) is 0 Å². The average Bonchev–Trinajstić information content (AvgIpc) is 3.21. The molecule has 28 heavy (non-hydrogen) atoms. The quantitative estimate of drug-likeness (QED) is 0.741. The van der Waals surface area contributed by atoms with Crippen molar-refractivity contribution in [3.05, 3.63) is 72.5 Å². The van der Waals surface area contributed by atoms with Crippen molar-refractivity contribution in [1.29, 1.82) is 0 Å². The molecule has 0 saturated heterocycles. The van der Waals surface area contributed by atoms with Crippen molar-refractivity contribution >= 4 is 17.5 Å². The number of rotatable bonds is 5. The monoisotopic (exact) mass is 376 g/mol. The maximum atomic E-state index is 12.9. The Labute approximate surface area is 162 Å². The summed E-state index contributed by atoms with van der Waals surface area (Å²) < 4.78 is 11.5. The Morgan fingerprint density at radius 3 is 2.54 bits per heavy atom.